The molecule has 17 nitrogen and oxygen atoms in total. The van der Waals surface area contributed by atoms with Crippen molar-refractivity contribution in [2.75, 3.05) is 38.5 Å². The van der Waals surface area contributed by atoms with Crippen molar-refractivity contribution in [1.29, 1.82) is 0 Å². The summed E-state index contributed by atoms with van der Waals surface area (Å²) < 4.78 is 74.1. The molecule has 7 atom stereocenters. The van der Waals surface area contributed by atoms with E-state index in [4.69, 9.17) is 40.2 Å². The first-order valence-electron chi connectivity index (χ1n) is 17.7. The number of esters is 1. The average molecular weight is 826 g/mol. The molecule has 4 aromatic rings. The first-order valence-corrected chi connectivity index (χ1v) is 21.1. The molecule has 298 valence electrons. The van der Waals surface area contributed by atoms with Gasteiger partial charge < -0.3 is 34.6 Å². The summed E-state index contributed by atoms with van der Waals surface area (Å²) in [6.45, 7) is 5.06. The molecule has 0 aliphatic carbocycles. The predicted octanol–water partition coefficient (Wildman–Crippen LogP) is 5.07. The molecule has 2 aromatic carbocycles. The molecular formula is C34H43ClFN7O10P2. The number of rotatable bonds is 17. The van der Waals surface area contributed by atoms with Crippen molar-refractivity contribution in [3.05, 3.63) is 77.3 Å². The van der Waals surface area contributed by atoms with Gasteiger partial charge in [0.2, 0.25) is 5.28 Å². The number of hydrogen-bond donors (Lipinski definition) is 3. The molecule has 2 fully saturated rings. The zero-order chi connectivity index (χ0) is 39.3. The van der Waals surface area contributed by atoms with E-state index in [2.05, 4.69) is 19.9 Å². The molecule has 2 saturated heterocycles. The van der Waals surface area contributed by atoms with E-state index >= 15 is 4.39 Å². The summed E-state index contributed by atoms with van der Waals surface area (Å²) in [6.07, 6.45) is -6.19. The number of aromatic nitrogens is 4. The highest BCUT2D eigenvalue weighted by Crippen LogP contribution is 2.66. The van der Waals surface area contributed by atoms with Crippen molar-refractivity contribution in [3.63, 3.8) is 0 Å². The summed E-state index contributed by atoms with van der Waals surface area (Å²) >= 11 is 6.11. The number of fused-ring (bicyclic) bond motifs is 1. The number of nitrogen functional groups attached to an aromatic ring is 1. The first kappa shape index (κ1) is 41.1. The molecule has 55 heavy (non-hydrogen) atoms. The van der Waals surface area contributed by atoms with Crippen LogP contribution in [0.25, 0.3) is 11.2 Å². The van der Waals surface area contributed by atoms with Crippen LogP contribution in [0.5, 0.6) is 5.75 Å². The van der Waals surface area contributed by atoms with E-state index in [1.165, 1.54) is 16.7 Å². The number of phosphoric ester groups is 1. The van der Waals surface area contributed by atoms with E-state index in [9.17, 15) is 23.9 Å². The Kier molecular flexibility index (Phi) is 13.2. The Balaban J connectivity index is 1.20. The fourth-order valence-corrected chi connectivity index (χ4v) is 10.1. The maximum absolute atomic E-state index is 16.0. The second kappa shape index (κ2) is 17.7. The number of carbonyl (C=O) groups is 1. The summed E-state index contributed by atoms with van der Waals surface area (Å²) in [5.41, 5.74) is 7.01. The van der Waals surface area contributed by atoms with Crippen LogP contribution in [0.4, 0.5) is 10.2 Å². The van der Waals surface area contributed by atoms with Crippen molar-refractivity contribution < 1.29 is 51.1 Å². The second-order valence-electron chi connectivity index (χ2n) is 12.9. The topological polar surface area (TPSA) is 214 Å². The Morgan fingerprint density at radius 2 is 1.78 bits per heavy atom. The smallest absolute Gasteiger partial charge is 0.460 e. The standard InChI is InChI=1S/C34H43ClFN7O10P2/c1-3-41(4-2)19-17-26-38-28-30(37)39-34(35)40-31(28)43(26)32-27(36)29(44)25(51-32)21-50-55(47,48)53-54(46,52-23-14-9-6-10-15-23)42-18-11-16-24(42)33(45)49-20-22-12-7-5-8-13-22/h5-10,12-15,24-25,27,29,32,44H,3-4,11,16-21H2,1-2H3,(H,47,48)(H2,37,39,40)/t24?,25-,27?,29+,32-,54?/m1/s1. The van der Waals surface area contributed by atoms with Crippen molar-refractivity contribution in [2.45, 2.75) is 70.4 Å². The number of aliphatic hydroxyl groups is 1. The van der Waals surface area contributed by atoms with Crippen LogP contribution >= 0.6 is 27.2 Å². The number of ether oxygens (including phenoxy) is 2. The van der Waals surface area contributed by atoms with Gasteiger partial charge in [-0.25, -0.2) is 18.5 Å². The lowest BCUT2D eigenvalue weighted by atomic mass is 10.1. The number of nitrogens with two attached hydrogens (primary N) is 1. The van der Waals surface area contributed by atoms with Crippen LogP contribution in [-0.2, 0) is 45.3 Å². The number of nitrogens with zero attached hydrogens (tertiary/aromatic N) is 6. The lowest BCUT2D eigenvalue weighted by molar-refractivity contribution is -0.149. The number of benzene rings is 2. The SMILES string of the molecule is CCN(CC)CCc1nc2c(N)nc(Cl)nc2n1[C@@H]1O[C@H](COP(=O)(O)OP(=O)(Oc2ccccc2)N2CCCC2C(=O)OCc2ccccc2)[C@H](O)C1F. The summed E-state index contributed by atoms with van der Waals surface area (Å²) in [5.74, 6) is -0.448. The maximum atomic E-state index is 16.0. The number of imidazole rings is 1. The third-order valence-electron chi connectivity index (χ3n) is 9.31. The number of halogens is 2. The highest BCUT2D eigenvalue weighted by molar-refractivity contribution is 7.63. The third kappa shape index (κ3) is 9.54. The van der Waals surface area contributed by atoms with Crippen molar-refractivity contribution >= 4 is 50.1 Å². The van der Waals surface area contributed by atoms with Gasteiger partial charge in [-0.05, 0) is 55.2 Å². The molecule has 6 rings (SSSR count). The van der Waals surface area contributed by atoms with Gasteiger partial charge in [0.1, 0.15) is 36.4 Å². The van der Waals surface area contributed by atoms with Gasteiger partial charge in [0.15, 0.2) is 29.4 Å². The predicted molar refractivity (Wildman–Crippen MR) is 199 cm³/mol. The van der Waals surface area contributed by atoms with Gasteiger partial charge in [-0.2, -0.15) is 18.9 Å². The normalized spacial score (nSPS) is 23.9. The number of alkyl halides is 1. The number of aliphatic hydroxyl groups excluding tert-OH is 1. The van der Waals surface area contributed by atoms with Crippen molar-refractivity contribution in [1.82, 2.24) is 29.1 Å². The van der Waals surface area contributed by atoms with Crippen LogP contribution < -0.4 is 10.3 Å². The van der Waals surface area contributed by atoms with E-state index in [-0.39, 0.29) is 47.6 Å². The summed E-state index contributed by atoms with van der Waals surface area (Å²) in [4.78, 5) is 39.1. The summed E-state index contributed by atoms with van der Waals surface area (Å²) in [7, 11) is -10.2. The second-order valence-corrected chi connectivity index (χ2v) is 16.7. The van der Waals surface area contributed by atoms with E-state index in [1.54, 1.807) is 42.5 Å². The molecule has 0 radical (unpaired) electrons. The quantitative estimate of drug-likeness (QED) is 0.0720. The molecule has 2 aliphatic rings. The van der Waals surface area contributed by atoms with Crippen molar-refractivity contribution in [2.24, 2.45) is 0 Å². The minimum atomic E-state index is -5.37. The number of carbonyl (C=O) groups excluding carboxylic acids is 1. The highest BCUT2D eigenvalue weighted by Gasteiger charge is 2.52. The Labute approximate surface area is 321 Å². The Bertz CT molecular complexity index is 2030. The Morgan fingerprint density at radius 3 is 2.47 bits per heavy atom. The van der Waals surface area contributed by atoms with Crippen LogP contribution in [0.15, 0.2) is 60.7 Å². The number of phosphoric acid groups is 1. The van der Waals surface area contributed by atoms with Gasteiger partial charge in [0, 0.05) is 19.5 Å². The monoisotopic (exact) mass is 825 g/mol. The Morgan fingerprint density at radius 1 is 1.09 bits per heavy atom. The molecule has 4 heterocycles. The van der Waals surface area contributed by atoms with Crippen LogP contribution in [-0.4, -0.2) is 102 Å². The molecule has 2 aliphatic heterocycles. The molecule has 2 aromatic heterocycles. The van der Waals surface area contributed by atoms with E-state index in [0.717, 1.165) is 23.3 Å². The maximum Gasteiger partial charge on any atom is 0.481 e. The lowest BCUT2D eigenvalue weighted by Crippen LogP contribution is -2.36. The average Bonchev–Trinajstić information content (AvgIpc) is 3.87. The molecule has 0 bridgehead atoms. The highest BCUT2D eigenvalue weighted by atomic mass is 35.5. The largest absolute Gasteiger partial charge is 0.481 e. The molecule has 4 N–H and O–H groups in total. The van der Waals surface area contributed by atoms with E-state index in [0.29, 0.717) is 25.2 Å². The van der Waals surface area contributed by atoms with Gasteiger partial charge in [0.05, 0.1) is 6.61 Å². The third-order valence-corrected chi connectivity index (χ3v) is 13.2. The lowest BCUT2D eigenvalue weighted by Gasteiger charge is -2.31. The Hall–Kier alpha value is -3.54. The molecule has 0 saturated carbocycles. The van der Waals surface area contributed by atoms with Crippen LogP contribution in [0, 0.1) is 0 Å². The zero-order valence-corrected chi connectivity index (χ0v) is 32.6. The minimum absolute atomic E-state index is 0.0145. The van der Waals surface area contributed by atoms with Gasteiger partial charge in [-0.15, -0.1) is 0 Å². The number of anilines is 1. The van der Waals surface area contributed by atoms with E-state index < -0.39 is 58.8 Å². The van der Waals surface area contributed by atoms with Gasteiger partial charge >= 0.3 is 21.5 Å². The van der Waals surface area contributed by atoms with Gasteiger partial charge in [-0.1, -0.05) is 62.4 Å². The molecular weight excluding hydrogens is 783 g/mol. The first-order chi connectivity index (χ1) is 26.3. The zero-order valence-electron chi connectivity index (χ0n) is 30.1. The van der Waals surface area contributed by atoms with Crippen LogP contribution in [0.3, 0.4) is 0 Å². The molecule has 0 spiro atoms. The minimum Gasteiger partial charge on any atom is -0.460 e. The summed E-state index contributed by atoms with van der Waals surface area (Å²) in [5, 5.41) is 10.7. The fraction of sp³-hybridized carbons (Fsp3) is 0.471. The number of likely N-dealkylation sites (N-methyl/N-ethyl adjacent to an activating group) is 1. The van der Waals surface area contributed by atoms with Crippen LogP contribution in [0.1, 0.15) is 44.3 Å². The molecule has 4 unspecified atom stereocenters. The van der Waals surface area contributed by atoms with Crippen LogP contribution in [0.2, 0.25) is 5.28 Å². The van der Waals surface area contributed by atoms with Crippen molar-refractivity contribution in [3.8, 4) is 5.75 Å². The van der Waals surface area contributed by atoms with E-state index in [1.807, 2.05) is 19.9 Å². The summed E-state index contributed by atoms with van der Waals surface area (Å²) in [6, 6.07) is 15.5. The number of hydrogen-bond acceptors (Lipinski definition) is 14. The molecule has 0 amide bonds. The fourth-order valence-electron chi connectivity index (χ4n) is 6.47. The molecule has 21 heteroatoms. The number of para-hydroxylation sites is 1. The van der Waals surface area contributed by atoms with Gasteiger partial charge in [-0.3, -0.25) is 13.9 Å². The van der Waals surface area contributed by atoms with Gasteiger partial charge in [0.25, 0.3) is 0 Å².